The van der Waals surface area contributed by atoms with E-state index >= 15 is 0 Å². The summed E-state index contributed by atoms with van der Waals surface area (Å²) in [5.74, 6) is -0.331. The van der Waals surface area contributed by atoms with Gasteiger partial charge in [0, 0.05) is 0 Å². The molecule has 0 fully saturated rings. The summed E-state index contributed by atoms with van der Waals surface area (Å²) < 4.78 is 10.6. The van der Waals surface area contributed by atoms with Gasteiger partial charge in [0.2, 0.25) is 0 Å². The van der Waals surface area contributed by atoms with E-state index in [0.29, 0.717) is 22.9 Å². The minimum Gasteiger partial charge on any atom is -0.492 e. The molecule has 1 amide bonds. The number of amides is 1. The third-order valence-electron chi connectivity index (χ3n) is 2.82. The summed E-state index contributed by atoms with van der Waals surface area (Å²) in [6.07, 6.45) is -0.899. The molecule has 1 unspecified atom stereocenters. The van der Waals surface area contributed by atoms with Crippen molar-refractivity contribution in [1.29, 1.82) is 0 Å². The Morgan fingerprint density at radius 2 is 2.00 bits per heavy atom. The van der Waals surface area contributed by atoms with Gasteiger partial charge >= 0.3 is 5.97 Å². The second-order valence-corrected chi connectivity index (χ2v) is 5.39. The van der Waals surface area contributed by atoms with Crippen LogP contribution in [-0.4, -0.2) is 24.6 Å². The molecule has 2 rings (SSSR count). The van der Waals surface area contributed by atoms with Crippen LogP contribution in [0.5, 0.6) is 5.75 Å². The smallest absolute Gasteiger partial charge is 0.349 e. The molecule has 1 N–H and O–H groups in total. The Hall–Kier alpha value is -2.34. The van der Waals surface area contributed by atoms with E-state index in [1.165, 1.54) is 18.3 Å². The van der Waals surface area contributed by atoms with Crippen LogP contribution < -0.4 is 10.1 Å². The van der Waals surface area contributed by atoms with Gasteiger partial charge in [-0.05, 0) is 37.4 Å². The molecule has 0 aliphatic rings. The standard InChI is InChI=1S/C16H17NO4S/c1-3-20-13-8-5-4-7-12(13)17-15(18)11(2)21-16(19)14-9-6-10-22-14/h4-11H,3H2,1-2H3,(H,17,18). The summed E-state index contributed by atoms with van der Waals surface area (Å²) in [6.45, 7) is 3.89. The van der Waals surface area contributed by atoms with Gasteiger partial charge in [0.15, 0.2) is 6.10 Å². The molecular weight excluding hydrogens is 302 g/mol. The summed E-state index contributed by atoms with van der Waals surface area (Å²) in [6, 6.07) is 10.5. The first-order valence-corrected chi connectivity index (χ1v) is 7.77. The van der Waals surface area contributed by atoms with E-state index in [-0.39, 0.29) is 0 Å². The van der Waals surface area contributed by atoms with Crippen LogP contribution in [0.1, 0.15) is 23.5 Å². The SMILES string of the molecule is CCOc1ccccc1NC(=O)C(C)OC(=O)c1cccs1. The fraction of sp³-hybridized carbons (Fsp3) is 0.250. The highest BCUT2D eigenvalue weighted by Gasteiger charge is 2.20. The van der Waals surface area contributed by atoms with Gasteiger partial charge in [0.05, 0.1) is 12.3 Å². The predicted molar refractivity (Wildman–Crippen MR) is 85.4 cm³/mol. The summed E-state index contributed by atoms with van der Waals surface area (Å²) >= 11 is 1.27. The molecule has 0 aliphatic carbocycles. The number of thiophene rings is 1. The predicted octanol–water partition coefficient (Wildman–Crippen LogP) is 3.33. The number of para-hydroxylation sites is 2. The van der Waals surface area contributed by atoms with Gasteiger partial charge in [0.1, 0.15) is 10.6 Å². The monoisotopic (exact) mass is 319 g/mol. The lowest BCUT2D eigenvalue weighted by Crippen LogP contribution is -2.30. The van der Waals surface area contributed by atoms with Gasteiger partial charge in [-0.3, -0.25) is 4.79 Å². The van der Waals surface area contributed by atoms with Gasteiger partial charge in [-0.25, -0.2) is 4.79 Å². The largest absolute Gasteiger partial charge is 0.492 e. The lowest BCUT2D eigenvalue weighted by molar-refractivity contribution is -0.123. The minimum atomic E-state index is -0.899. The number of hydrogen-bond acceptors (Lipinski definition) is 5. The first-order valence-electron chi connectivity index (χ1n) is 6.89. The maximum atomic E-state index is 12.1. The Morgan fingerprint density at radius 3 is 2.68 bits per heavy atom. The van der Waals surface area contributed by atoms with Gasteiger partial charge in [-0.15, -0.1) is 11.3 Å². The summed E-state index contributed by atoms with van der Waals surface area (Å²) in [5.41, 5.74) is 0.549. The van der Waals surface area contributed by atoms with Crippen LogP contribution in [0.4, 0.5) is 5.69 Å². The number of rotatable bonds is 6. The molecule has 0 aliphatic heterocycles. The van der Waals surface area contributed by atoms with Crippen molar-refractivity contribution in [3.05, 3.63) is 46.7 Å². The van der Waals surface area contributed by atoms with Gasteiger partial charge < -0.3 is 14.8 Å². The minimum absolute atomic E-state index is 0.406. The second kappa shape index (κ2) is 7.61. The van der Waals surface area contributed by atoms with Crippen molar-refractivity contribution < 1.29 is 19.1 Å². The topological polar surface area (TPSA) is 64.6 Å². The Morgan fingerprint density at radius 1 is 1.23 bits per heavy atom. The fourth-order valence-electron chi connectivity index (χ4n) is 1.75. The Kier molecular flexibility index (Phi) is 5.55. The van der Waals surface area contributed by atoms with E-state index in [4.69, 9.17) is 9.47 Å². The van der Waals surface area contributed by atoms with E-state index in [1.807, 2.05) is 13.0 Å². The van der Waals surface area contributed by atoms with Crippen molar-refractivity contribution >= 4 is 28.9 Å². The number of carbonyl (C=O) groups excluding carboxylic acids is 2. The summed E-state index contributed by atoms with van der Waals surface area (Å²) in [5, 5.41) is 4.49. The van der Waals surface area contributed by atoms with Crippen LogP contribution in [0.2, 0.25) is 0 Å². The molecule has 6 heteroatoms. The molecular formula is C16H17NO4S. The van der Waals surface area contributed by atoms with E-state index in [2.05, 4.69) is 5.32 Å². The molecule has 2 aromatic rings. The zero-order valence-electron chi connectivity index (χ0n) is 12.4. The Labute approximate surface area is 132 Å². The van der Waals surface area contributed by atoms with E-state index < -0.39 is 18.0 Å². The molecule has 1 aromatic carbocycles. The molecule has 1 heterocycles. The number of esters is 1. The molecule has 22 heavy (non-hydrogen) atoms. The van der Waals surface area contributed by atoms with Crippen LogP contribution in [-0.2, 0) is 9.53 Å². The van der Waals surface area contributed by atoms with Crippen molar-refractivity contribution in [2.24, 2.45) is 0 Å². The van der Waals surface area contributed by atoms with Crippen molar-refractivity contribution in [2.45, 2.75) is 20.0 Å². The number of carbonyl (C=O) groups is 2. The molecule has 1 atom stereocenters. The highest BCUT2D eigenvalue weighted by Crippen LogP contribution is 2.24. The van der Waals surface area contributed by atoms with E-state index in [9.17, 15) is 9.59 Å². The molecule has 5 nitrogen and oxygen atoms in total. The zero-order chi connectivity index (χ0) is 15.9. The van der Waals surface area contributed by atoms with Crippen molar-refractivity contribution in [1.82, 2.24) is 0 Å². The van der Waals surface area contributed by atoms with Crippen LogP contribution in [0.3, 0.4) is 0 Å². The van der Waals surface area contributed by atoms with Gasteiger partial charge in [-0.2, -0.15) is 0 Å². The number of anilines is 1. The average molecular weight is 319 g/mol. The molecule has 0 saturated carbocycles. The number of hydrogen-bond donors (Lipinski definition) is 1. The van der Waals surface area contributed by atoms with Crippen LogP contribution in [0.15, 0.2) is 41.8 Å². The third-order valence-corrected chi connectivity index (χ3v) is 3.67. The number of nitrogens with one attached hydrogen (secondary N) is 1. The maximum absolute atomic E-state index is 12.1. The molecule has 0 radical (unpaired) electrons. The first-order chi connectivity index (χ1) is 10.6. The van der Waals surface area contributed by atoms with Gasteiger partial charge in [0.25, 0.3) is 5.91 Å². The normalized spacial score (nSPS) is 11.5. The molecule has 1 aromatic heterocycles. The Balaban J connectivity index is 1.98. The Bertz CT molecular complexity index is 639. The van der Waals surface area contributed by atoms with Crippen molar-refractivity contribution in [3.8, 4) is 5.75 Å². The van der Waals surface area contributed by atoms with Crippen LogP contribution >= 0.6 is 11.3 Å². The van der Waals surface area contributed by atoms with Crippen molar-refractivity contribution in [2.75, 3.05) is 11.9 Å². The first kappa shape index (κ1) is 16.0. The number of benzene rings is 1. The van der Waals surface area contributed by atoms with Crippen molar-refractivity contribution in [3.63, 3.8) is 0 Å². The van der Waals surface area contributed by atoms with Gasteiger partial charge in [-0.1, -0.05) is 18.2 Å². The number of ether oxygens (including phenoxy) is 2. The summed E-state index contributed by atoms with van der Waals surface area (Å²) in [4.78, 5) is 24.4. The van der Waals surface area contributed by atoms with Crippen LogP contribution in [0.25, 0.3) is 0 Å². The lowest BCUT2D eigenvalue weighted by Gasteiger charge is -2.15. The summed E-state index contributed by atoms with van der Waals surface area (Å²) in [7, 11) is 0. The van der Waals surface area contributed by atoms with Crippen LogP contribution in [0, 0.1) is 0 Å². The third kappa shape index (κ3) is 4.08. The zero-order valence-corrected chi connectivity index (χ0v) is 13.2. The molecule has 116 valence electrons. The molecule has 0 spiro atoms. The lowest BCUT2D eigenvalue weighted by atomic mass is 10.2. The quantitative estimate of drug-likeness (QED) is 0.830. The van der Waals surface area contributed by atoms with E-state index in [1.54, 1.807) is 35.7 Å². The maximum Gasteiger partial charge on any atom is 0.349 e. The fourth-order valence-corrected chi connectivity index (χ4v) is 2.36. The second-order valence-electron chi connectivity index (χ2n) is 4.44. The molecule has 0 saturated heterocycles. The highest BCUT2D eigenvalue weighted by atomic mass is 32.1. The molecule has 0 bridgehead atoms. The highest BCUT2D eigenvalue weighted by molar-refractivity contribution is 7.11. The average Bonchev–Trinajstić information content (AvgIpc) is 3.03. The van der Waals surface area contributed by atoms with E-state index in [0.717, 1.165) is 0 Å².